The first kappa shape index (κ1) is 13.5. The Balaban J connectivity index is 1.38. The zero-order valence-electron chi connectivity index (χ0n) is 12.0. The minimum Gasteiger partial charge on any atom is -0.306 e. The van der Waals surface area contributed by atoms with E-state index in [0.29, 0.717) is 6.04 Å². The van der Waals surface area contributed by atoms with Gasteiger partial charge in [-0.15, -0.1) is 11.3 Å². The van der Waals surface area contributed by atoms with Gasteiger partial charge < -0.3 is 5.32 Å². The molecule has 0 spiro atoms. The number of hydrogen-bond acceptors (Lipinski definition) is 6. The fraction of sp³-hybridized carbons (Fsp3) is 0.333. The van der Waals surface area contributed by atoms with Gasteiger partial charge in [0.1, 0.15) is 17.2 Å². The maximum atomic E-state index is 4.66. The van der Waals surface area contributed by atoms with Crippen molar-refractivity contribution >= 4 is 11.3 Å². The van der Waals surface area contributed by atoms with Crippen LogP contribution in [0.4, 0.5) is 0 Å². The second kappa shape index (κ2) is 5.94. The number of aryl methyl sites for hydroxylation is 1. The third-order valence-electron chi connectivity index (χ3n) is 3.81. The summed E-state index contributed by atoms with van der Waals surface area (Å²) in [6.07, 6.45) is 5.51. The van der Waals surface area contributed by atoms with Gasteiger partial charge in [-0.2, -0.15) is 5.10 Å². The van der Waals surface area contributed by atoms with Gasteiger partial charge in [-0.05, 0) is 18.6 Å². The number of aromatic nitrogens is 5. The van der Waals surface area contributed by atoms with E-state index in [2.05, 4.69) is 30.7 Å². The van der Waals surface area contributed by atoms with Crippen molar-refractivity contribution in [2.45, 2.75) is 32.0 Å². The number of nitrogens with zero attached hydrogens (tertiary/aromatic N) is 5. The third-order valence-corrected chi connectivity index (χ3v) is 4.73. The molecule has 22 heavy (non-hydrogen) atoms. The summed E-state index contributed by atoms with van der Waals surface area (Å²) in [5, 5.41) is 10.9. The quantitative estimate of drug-likeness (QED) is 0.797. The predicted octanol–water partition coefficient (Wildman–Crippen LogP) is 1.90. The van der Waals surface area contributed by atoms with Gasteiger partial charge in [0.15, 0.2) is 0 Å². The number of thiazole rings is 1. The number of hydrogen-bond donors (Lipinski definition) is 1. The fourth-order valence-corrected chi connectivity index (χ4v) is 3.44. The molecule has 0 amide bonds. The van der Waals surface area contributed by atoms with Gasteiger partial charge in [0.05, 0.1) is 17.9 Å². The largest absolute Gasteiger partial charge is 0.306 e. The maximum Gasteiger partial charge on any atom is 0.142 e. The van der Waals surface area contributed by atoms with Crippen molar-refractivity contribution in [2.24, 2.45) is 0 Å². The molecule has 0 unspecified atom stereocenters. The van der Waals surface area contributed by atoms with Crippen LogP contribution >= 0.6 is 11.3 Å². The SMILES string of the molecule is c1ccc(-c2nc(CN[C@H]3CCc4ncnn4C3)cs2)nc1. The summed E-state index contributed by atoms with van der Waals surface area (Å²) in [7, 11) is 0. The van der Waals surface area contributed by atoms with Crippen LogP contribution in [0.5, 0.6) is 0 Å². The van der Waals surface area contributed by atoms with Crippen molar-refractivity contribution in [3.63, 3.8) is 0 Å². The molecule has 0 aliphatic carbocycles. The van der Waals surface area contributed by atoms with E-state index < -0.39 is 0 Å². The number of nitrogens with one attached hydrogen (secondary N) is 1. The normalized spacial score (nSPS) is 17.4. The molecule has 112 valence electrons. The van der Waals surface area contributed by atoms with E-state index in [9.17, 15) is 0 Å². The molecule has 6 nitrogen and oxygen atoms in total. The third kappa shape index (κ3) is 2.77. The molecule has 4 rings (SSSR count). The molecule has 0 bridgehead atoms. The van der Waals surface area contributed by atoms with Crippen molar-refractivity contribution < 1.29 is 0 Å². The highest BCUT2D eigenvalue weighted by Crippen LogP contribution is 2.21. The lowest BCUT2D eigenvalue weighted by molar-refractivity contribution is 0.357. The molecular formula is C15H16N6S. The summed E-state index contributed by atoms with van der Waals surface area (Å²) in [6, 6.07) is 6.32. The molecule has 0 saturated carbocycles. The molecule has 3 aromatic rings. The van der Waals surface area contributed by atoms with Gasteiger partial charge in [0.2, 0.25) is 0 Å². The number of rotatable bonds is 4. The highest BCUT2D eigenvalue weighted by molar-refractivity contribution is 7.13. The van der Waals surface area contributed by atoms with E-state index in [1.165, 1.54) is 0 Å². The summed E-state index contributed by atoms with van der Waals surface area (Å²) in [6.45, 7) is 1.66. The molecule has 0 radical (unpaired) electrons. The number of pyridine rings is 1. The lowest BCUT2D eigenvalue weighted by Crippen LogP contribution is -2.37. The highest BCUT2D eigenvalue weighted by Gasteiger charge is 2.19. The standard InChI is InChI=1S/C15H16N6S/c1-2-6-16-13(3-1)15-20-12(9-22-15)7-17-11-4-5-14-18-10-19-21(14)8-11/h1-3,6,9-11,17H,4-5,7-8H2/t11-/m0/s1. The second-order valence-corrected chi connectivity index (χ2v) is 6.19. The zero-order chi connectivity index (χ0) is 14.8. The van der Waals surface area contributed by atoms with E-state index in [1.54, 1.807) is 23.9 Å². The van der Waals surface area contributed by atoms with E-state index >= 15 is 0 Å². The van der Waals surface area contributed by atoms with E-state index in [0.717, 1.165) is 48.2 Å². The first-order chi connectivity index (χ1) is 10.9. The molecule has 4 heterocycles. The Hall–Kier alpha value is -2.12. The Morgan fingerprint density at radius 1 is 1.32 bits per heavy atom. The molecule has 1 aliphatic rings. The van der Waals surface area contributed by atoms with E-state index in [-0.39, 0.29) is 0 Å². The summed E-state index contributed by atoms with van der Waals surface area (Å²) >= 11 is 1.64. The van der Waals surface area contributed by atoms with Gasteiger partial charge in [-0.1, -0.05) is 6.07 Å². The van der Waals surface area contributed by atoms with E-state index in [1.807, 2.05) is 22.9 Å². The molecular weight excluding hydrogens is 296 g/mol. The zero-order valence-corrected chi connectivity index (χ0v) is 12.8. The van der Waals surface area contributed by atoms with Gasteiger partial charge in [0, 0.05) is 30.6 Å². The number of fused-ring (bicyclic) bond motifs is 1. The van der Waals surface area contributed by atoms with Gasteiger partial charge in [-0.3, -0.25) is 4.98 Å². The maximum absolute atomic E-state index is 4.66. The van der Waals surface area contributed by atoms with Crippen LogP contribution in [0.25, 0.3) is 10.7 Å². The Kier molecular flexibility index (Phi) is 3.65. The van der Waals surface area contributed by atoms with Gasteiger partial charge >= 0.3 is 0 Å². The van der Waals surface area contributed by atoms with Gasteiger partial charge in [0.25, 0.3) is 0 Å². The Labute approximate surface area is 132 Å². The molecule has 0 saturated heterocycles. The topological polar surface area (TPSA) is 68.5 Å². The monoisotopic (exact) mass is 312 g/mol. The van der Waals surface area contributed by atoms with Crippen LogP contribution in [0.3, 0.4) is 0 Å². The predicted molar refractivity (Wildman–Crippen MR) is 84.3 cm³/mol. The minimum absolute atomic E-state index is 0.425. The summed E-state index contributed by atoms with van der Waals surface area (Å²) in [5.74, 6) is 1.09. The first-order valence-corrected chi connectivity index (χ1v) is 8.22. The molecule has 0 fully saturated rings. The van der Waals surface area contributed by atoms with Crippen LogP contribution in [-0.2, 0) is 19.5 Å². The molecule has 1 N–H and O–H groups in total. The van der Waals surface area contributed by atoms with Crippen LogP contribution in [0, 0.1) is 0 Å². The molecule has 0 aromatic carbocycles. The van der Waals surface area contributed by atoms with Crippen molar-refractivity contribution in [3.8, 4) is 10.7 Å². The van der Waals surface area contributed by atoms with Crippen LogP contribution < -0.4 is 5.32 Å². The van der Waals surface area contributed by atoms with Crippen LogP contribution in [0.1, 0.15) is 17.9 Å². The average molecular weight is 312 g/mol. The van der Waals surface area contributed by atoms with Crippen molar-refractivity contribution in [1.29, 1.82) is 0 Å². The Morgan fingerprint density at radius 3 is 3.23 bits per heavy atom. The summed E-state index contributed by atoms with van der Waals surface area (Å²) in [4.78, 5) is 13.3. The van der Waals surface area contributed by atoms with Crippen molar-refractivity contribution in [1.82, 2.24) is 30.0 Å². The van der Waals surface area contributed by atoms with Crippen LogP contribution in [-0.4, -0.2) is 30.8 Å². The highest BCUT2D eigenvalue weighted by atomic mass is 32.1. The Morgan fingerprint density at radius 2 is 2.32 bits per heavy atom. The molecule has 1 aliphatic heterocycles. The summed E-state index contributed by atoms with van der Waals surface area (Å²) in [5.41, 5.74) is 2.00. The van der Waals surface area contributed by atoms with Crippen LogP contribution in [0.2, 0.25) is 0 Å². The summed E-state index contributed by atoms with van der Waals surface area (Å²) < 4.78 is 1.99. The van der Waals surface area contributed by atoms with Gasteiger partial charge in [-0.25, -0.2) is 14.6 Å². The van der Waals surface area contributed by atoms with Crippen molar-refractivity contribution in [3.05, 3.63) is 47.6 Å². The van der Waals surface area contributed by atoms with E-state index in [4.69, 9.17) is 0 Å². The second-order valence-electron chi connectivity index (χ2n) is 5.33. The smallest absolute Gasteiger partial charge is 0.142 e. The van der Waals surface area contributed by atoms with Crippen LogP contribution in [0.15, 0.2) is 36.1 Å². The molecule has 3 aromatic heterocycles. The molecule has 7 heteroatoms. The average Bonchev–Trinajstić information content (AvgIpc) is 3.22. The molecule has 1 atom stereocenters. The fourth-order valence-electron chi connectivity index (χ4n) is 2.65. The Bertz CT molecular complexity index is 750. The lowest BCUT2D eigenvalue weighted by Gasteiger charge is -2.23. The van der Waals surface area contributed by atoms with Crippen molar-refractivity contribution in [2.75, 3.05) is 0 Å². The first-order valence-electron chi connectivity index (χ1n) is 7.34. The minimum atomic E-state index is 0.425. The lowest BCUT2D eigenvalue weighted by atomic mass is 10.1.